The quantitative estimate of drug-likeness (QED) is 0.222. The zero-order chi connectivity index (χ0) is 21.9. The molecule has 0 heterocycles. The Kier molecular flexibility index (Phi) is 34.3. The maximum Gasteiger partial charge on any atom is 0.175 e. The van der Waals surface area contributed by atoms with E-state index in [1.54, 1.807) is 0 Å². The van der Waals surface area contributed by atoms with E-state index < -0.39 is 33.5 Å². The van der Waals surface area contributed by atoms with Crippen LogP contribution in [0.3, 0.4) is 0 Å². The summed E-state index contributed by atoms with van der Waals surface area (Å²) in [6.45, 7) is 15.3. The predicted octanol–water partition coefficient (Wildman–Crippen LogP) is 4.66. The van der Waals surface area contributed by atoms with Crippen LogP contribution < -0.4 is 0 Å². The van der Waals surface area contributed by atoms with Crippen LogP contribution in [0.25, 0.3) is 0 Å². The molecule has 0 aromatic carbocycles. The first-order chi connectivity index (χ1) is 12.5. The molecule has 11 heteroatoms. The molecule has 0 aliphatic heterocycles. The first-order valence-electron chi connectivity index (χ1n) is 9.32. The fraction of sp³-hybridized carbons (Fsp3) is 1.00. The summed E-state index contributed by atoms with van der Waals surface area (Å²) in [4.78, 5) is 16.2. The molecular formula is C18H54O7Si4. The van der Waals surface area contributed by atoms with Gasteiger partial charge in [0.25, 0.3) is 0 Å². The van der Waals surface area contributed by atoms with E-state index in [2.05, 4.69) is 58.8 Å². The Bertz CT molecular complexity index is 304. The summed E-state index contributed by atoms with van der Waals surface area (Å²) in [5.74, 6) is 0. The topological polar surface area (TPSA) is 64.6 Å². The van der Waals surface area contributed by atoms with Crippen LogP contribution in [0.1, 0.15) is 14.9 Å². The van der Waals surface area contributed by atoms with Crippen molar-refractivity contribution < 1.29 is 32.8 Å². The van der Waals surface area contributed by atoms with Crippen molar-refractivity contribution in [2.24, 2.45) is 0 Å². The van der Waals surface area contributed by atoms with Crippen molar-refractivity contribution in [3.05, 3.63) is 0 Å². The van der Waals surface area contributed by atoms with E-state index in [0.717, 1.165) is 12.7 Å². The summed E-state index contributed by atoms with van der Waals surface area (Å²) in [5, 5.41) is 0. The third kappa shape index (κ3) is 24.7. The van der Waals surface area contributed by atoms with Crippen LogP contribution >= 0.6 is 0 Å². The van der Waals surface area contributed by atoms with Crippen molar-refractivity contribution in [1.82, 2.24) is 0 Å². The van der Waals surface area contributed by atoms with E-state index in [1.165, 1.54) is 40.5 Å². The molecule has 0 N–H and O–H groups in total. The molecule has 0 fully saturated rings. The van der Waals surface area contributed by atoms with Gasteiger partial charge in [-0.3, -0.25) is 0 Å². The van der Waals surface area contributed by atoms with Gasteiger partial charge in [-0.1, -0.05) is 34.0 Å². The molecule has 0 aliphatic rings. The maximum atomic E-state index is 6.36. The SMILES string of the molecule is C.C.COOC.COOC.CO[SiH](C)CCO[Si](C)(C)[Si](C)(C)CC[SiH](C)OC. The van der Waals surface area contributed by atoms with Crippen LogP contribution in [0.2, 0.25) is 57.4 Å². The third-order valence-electron chi connectivity index (χ3n) is 4.93. The Morgan fingerprint density at radius 2 is 0.966 bits per heavy atom. The van der Waals surface area contributed by atoms with Crippen LogP contribution in [0, 0.1) is 0 Å². The third-order valence-corrected chi connectivity index (χ3v) is 26.0. The minimum Gasteiger partial charge on any atom is -0.423 e. The van der Waals surface area contributed by atoms with Crippen LogP contribution in [-0.4, -0.2) is 82.8 Å². The molecule has 0 amide bonds. The predicted molar refractivity (Wildman–Crippen MR) is 137 cm³/mol. The minimum absolute atomic E-state index is 0. The smallest absolute Gasteiger partial charge is 0.175 e. The Labute approximate surface area is 187 Å². The summed E-state index contributed by atoms with van der Waals surface area (Å²) in [6, 6.07) is 3.81. The monoisotopic (exact) mass is 494 g/mol. The molecule has 29 heavy (non-hydrogen) atoms. The van der Waals surface area contributed by atoms with Gasteiger partial charge in [0.05, 0.1) is 36.0 Å². The molecule has 0 aromatic rings. The molecule has 0 spiro atoms. The van der Waals surface area contributed by atoms with Gasteiger partial charge < -0.3 is 13.3 Å². The fourth-order valence-electron chi connectivity index (χ4n) is 1.78. The summed E-state index contributed by atoms with van der Waals surface area (Å²) in [6.07, 6.45) is 0. The highest BCUT2D eigenvalue weighted by Crippen LogP contribution is 2.27. The van der Waals surface area contributed by atoms with Crippen molar-refractivity contribution >= 4 is 33.5 Å². The van der Waals surface area contributed by atoms with Gasteiger partial charge in [0.2, 0.25) is 0 Å². The van der Waals surface area contributed by atoms with Crippen LogP contribution in [0.4, 0.5) is 0 Å². The zero-order valence-corrected chi connectivity index (χ0v) is 24.2. The second-order valence-corrected chi connectivity index (χ2v) is 27.9. The molecule has 0 aromatic heterocycles. The van der Waals surface area contributed by atoms with Gasteiger partial charge in [0.1, 0.15) is 0 Å². The van der Waals surface area contributed by atoms with Gasteiger partial charge in [-0.05, 0) is 38.3 Å². The van der Waals surface area contributed by atoms with Crippen LogP contribution in [0.5, 0.6) is 0 Å². The highest BCUT2D eigenvalue weighted by Gasteiger charge is 2.42. The van der Waals surface area contributed by atoms with E-state index in [9.17, 15) is 0 Å². The van der Waals surface area contributed by atoms with Gasteiger partial charge in [-0.15, -0.1) is 0 Å². The Hall–Kier alpha value is 0.588. The molecule has 0 saturated heterocycles. The second-order valence-electron chi connectivity index (χ2n) is 7.33. The van der Waals surface area contributed by atoms with Gasteiger partial charge in [-0.2, -0.15) is 0 Å². The fourth-order valence-corrected chi connectivity index (χ4v) is 13.7. The largest absolute Gasteiger partial charge is 0.423 e. The zero-order valence-electron chi connectivity index (χ0n) is 19.8. The molecule has 0 saturated carbocycles. The molecule has 0 rings (SSSR count). The van der Waals surface area contributed by atoms with E-state index in [1.807, 2.05) is 14.2 Å². The highest BCUT2D eigenvalue weighted by molar-refractivity contribution is 7.38. The van der Waals surface area contributed by atoms with Gasteiger partial charge >= 0.3 is 0 Å². The summed E-state index contributed by atoms with van der Waals surface area (Å²) < 4.78 is 17.3. The van der Waals surface area contributed by atoms with Crippen molar-refractivity contribution in [3.63, 3.8) is 0 Å². The van der Waals surface area contributed by atoms with Crippen LogP contribution in [-0.2, 0) is 32.8 Å². The normalized spacial score (nSPS) is 12.8. The van der Waals surface area contributed by atoms with Crippen molar-refractivity contribution in [3.8, 4) is 0 Å². The molecular weight excluding hydrogens is 441 g/mol. The van der Waals surface area contributed by atoms with Crippen molar-refractivity contribution in [2.45, 2.75) is 72.3 Å². The lowest BCUT2D eigenvalue weighted by Crippen LogP contribution is -2.57. The summed E-state index contributed by atoms with van der Waals surface area (Å²) >= 11 is 0. The average Bonchev–Trinajstić information content (AvgIpc) is 2.65. The minimum atomic E-state index is -1.52. The molecule has 7 nitrogen and oxygen atoms in total. The molecule has 0 radical (unpaired) electrons. The Balaban J connectivity index is -0.000000163. The van der Waals surface area contributed by atoms with E-state index in [4.69, 9.17) is 13.3 Å². The summed E-state index contributed by atoms with van der Waals surface area (Å²) in [7, 11) is 4.88. The first kappa shape index (κ1) is 40.0. The molecule has 0 aliphatic carbocycles. The lowest BCUT2D eigenvalue weighted by Gasteiger charge is -2.38. The van der Waals surface area contributed by atoms with Crippen molar-refractivity contribution in [2.75, 3.05) is 49.3 Å². The molecule has 0 bridgehead atoms. The van der Waals surface area contributed by atoms with Gasteiger partial charge in [-0.25, -0.2) is 19.6 Å². The number of hydrogen-bond acceptors (Lipinski definition) is 7. The molecule has 2 unspecified atom stereocenters. The number of rotatable bonds is 12. The Morgan fingerprint density at radius 3 is 1.28 bits per heavy atom. The van der Waals surface area contributed by atoms with Crippen LogP contribution in [0.15, 0.2) is 0 Å². The second kappa shape index (κ2) is 24.9. The molecule has 2 atom stereocenters. The summed E-state index contributed by atoms with van der Waals surface area (Å²) in [5.41, 5.74) is 0. The van der Waals surface area contributed by atoms with Gasteiger partial charge in [0.15, 0.2) is 25.9 Å². The maximum absolute atomic E-state index is 6.36. The average molecular weight is 495 g/mol. The Morgan fingerprint density at radius 1 is 0.621 bits per heavy atom. The lowest BCUT2D eigenvalue weighted by atomic mass is 10.9. The highest BCUT2D eigenvalue weighted by atomic mass is 29.3. The molecule has 184 valence electrons. The lowest BCUT2D eigenvalue weighted by molar-refractivity contribution is -0.248. The van der Waals surface area contributed by atoms with E-state index in [-0.39, 0.29) is 14.9 Å². The first-order valence-corrected chi connectivity index (χ1v) is 21.3. The van der Waals surface area contributed by atoms with E-state index in [0.29, 0.717) is 0 Å². The van der Waals surface area contributed by atoms with Gasteiger partial charge in [0, 0.05) is 20.8 Å². The van der Waals surface area contributed by atoms with Crippen molar-refractivity contribution in [1.29, 1.82) is 0 Å². The standard InChI is InChI=1S/C12H34O3Si4.2C2H6O2.2CH4/c1-13-16(3)10-9-15-19(7,8)18(5,6)12-11-17(4)14-2;2*1-3-4-2;;/h16-17H,9-12H2,1-8H3;2*1-2H3;2*1H4. The number of hydrogen-bond donors (Lipinski definition) is 0. The van der Waals surface area contributed by atoms with E-state index >= 15 is 0 Å².